The van der Waals surface area contributed by atoms with Gasteiger partial charge in [0.25, 0.3) is 11.8 Å². The first-order chi connectivity index (χ1) is 14.1. The SMILES string of the molecule is O=C(Nc1cccc(CNC(=O)c2cc3ccccc3cc2O)c1)c1ccco1. The van der Waals surface area contributed by atoms with E-state index in [-0.39, 0.29) is 35.4 Å². The van der Waals surface area contributed by atoms with E-state index < -0.39 is 0 Å². The molecule has 0 radical (unpaired) electrons. The molecule has 4 rings (SSSR count). The van der Waals surface area contributed by atoms with Crippen LogP contribution < -0.4 is 10.6 Å². The molecule has 0 atom stereocenters. The molecular formula is C23H18N2O4. The largest absolute Gasteiger partial charge is 0.507 e. The van der Waals surface area contributed by atoms with Crippen molar-refractivity contribution < 1.29 is 19.1 Å². The fourth-order valence-electron chi connectivity index (χ4n) is 3.05. The summed E-state index contributed by atoms with van der Waals surface area (Å²) in [5, 5.41) is 17.5. The van der Waals surface area contributed by atoms with Gasteiger partial charge in [0.15, 0.2) is 5.76 Å². The number of fused-ring (bicyclic) bond motifs is 1. The summed E-state index contributed by atoms with van der Waals surface area (Å²) in [5.41, 5.74) is 1.61. The summed E-state index contributed by atoms with van der Waals surface area (Å²) in [7, 11) is 0. The Hall–Kier alpha value is -4.06. The van der Waals surface area contributed by atoms with Crippen molar-refractivity contribution >= 4 is 28.3 Å². The summed E-state index contributed by atoms with van der Waals surface area (Å²) < 4.78 is 5.07. The molecule has 1 aromatic heterocycles. The third-order valence-electron chi connectivity index (χ3n) is 4.49. The molecule has 3 aromatic carbocycles. The maximum absolute atomic E-state index is 12.5. The number of carbonyl (C=O) groups excluding carboxylic acids is 2. The quantitative estimate of drug-likeness (QED) is 0.476. The van der Waals surface area contributed by atoms with E-state index in [1.165, 1.54) is 6.26 Å². The van der Waals surface area contributed by atoms with Gasteiger partial charge in [-0.15, -0.1) is 0 Å². The van der Waals surface area contributed by atoms with Crippen molar-refractivity contribution in [3.63, 3.8) is 0 Å². The van der Waals surface area contributed by atoms with E-state index in [0.29, 0.717) is 5.69 Å². The lowest BCUT2D eigenvalue weighted by Gasteiger charge is -2.10. The number of phenolic OH excluding ortho intramolecular Hbond substituents is 1. The van der Waals surface area contributed by atoms with Gasteiger partial charge in [-0.05, 0) is 52.7 Å². The second-order valence-corrected chi connectivity index (χ2v) is 6.53. The van der Waals surface area contributed by atoms with Crippen LogP contribution in [0.25, 0.3) is 10.8 Å². The second-order valence-electron chi connectivity index (χ2n) is 6.53. The molecule has 6 nitrogen and oxygen atoms in total. The zero-order valence-corrected chi connectivity index (χ0v) is 15.4. The second kappa shape index (κ2) is 7.90. The Morgan fingerprint density at radius 3 is 2.41 bits per heavy atom. The summed E-state index contributed by atoms with van der Waals surface area (Å²) in [6, 6.07) is 21.1. The zero-order chi connectivity index (χ0) is 20.2. The van der Waals surface area contributed by atoms with Crippen molar-refractivity contribution in [1.29, 1.82) is 0 Å². The van der Waals surface area contributed by atoms with Gasteiger partial charge >= 0.3 is 0 Å². The molecule has 29 heavy (non-hydrogen) atoms. The van der Waals surface area contributed by atoms with Crippen LogP contribution in [0.2, 0.25) is 0 Å². The minimum atomic E-state index is -0.377. The number of amides is 2. The molecule has 0 spiro atoms. The van der Waals surface area contributed by atoms with E-state index in [2.05, 4.69) is 10.6 Å². The van der Waals surface area contributed by atoms with Gasteiger partial charge in [0, 0.05) is 12.2 Å². The first kappa shape index (κ1) is 18.3. The highest BCUT2D eigenvalue weighted by atomic mass is 16.3. The number of hydrogen-bond acceptors (Lipinski definition) is 4. The molecule has 0 saturated heterocycles. The molecule has 1 heterocycles. The molecule has 0 fully saturated rings. The Bertz CT molecular complexity index is 1180. The number of anilines is 1. The highest BCUT2D eigenvalue weighted by Crippen LogP contribution is 2.25. The predicted molar refractivity (Wildman–Crippen MR) is 110 cm³/mol. The van der Waals surface area contributed by atoms with Crippen LogP contribution in [-0.2, 0) is 6.54 Å². The Labute approximate surface area is 166 Å². The molecule has 0 bridgehead atoms. The Morgan fingerprint density at radius 1 is 0.862 bits per heavy atom. The number of furan rings is 1. The summed E-state index contributed by atoms with van der Waals surface area (Å²) in [4.78, 5) is 24.6. The normalized spacial score (nSPS) is 10.6. The fourth-order valence-corrected chi connectivity index (χ4v) is 3.05. The zero-order valence-electron chi connectivity index (χ0n) is 15.4. The molecule has 4 aromatic rings. The summed E-state index contributed by atoms with van der Waals surface area (Å²) >= 11 is 0. The van der Waals surface area contributed by atoms with Crippen molar-refractivity contribution in [2.75, 3.05) is 5.32 Å². The van der Waals surface area contributed by atoms with E-state index in [1.54, 1.807) is 42.5 Å². The van der Waals surface area contributed by atoms with Crippen molar-refractivity contribution in [2.45, 2.75) is 6.54 Å². The molecule has 2 amide bonds. The van der Waals surface area contributed by atoms with Crippen LogP contribution in [0.5, 0.6) is 5.75 Å². The number of hydrogen-bond donors (Lipinski definition) is 3. The van der Waals surface area contributed by atoms with Crippen LogP contribution in [0.15, 0.2) is 83.5 Å². The van der Waals surface area contributed by atoms with Gasteiger partial charge in [-0.3, -0.25) is 9.59 Å². The van der Waals surface area contributed by atoms with Crippen LogP contribution in [0.1, 0.15) is 26.5 Å². The molecule has 0 saturated carbocycles. The van der Waals surface area contributed by atoms with Gasteiger partial charge in [-0.25, -0.2) is 0 Å². The standard InChI is InChI=1S/C23H18N2O4/c26-20-13-17-7-2-1-6-16(17)12-19(20)22(27)24-14-15-5-3-8-18(11-15)25-23(28)21-9-4-10-29-21/h1-13,26H,14H2,(H,24,27)(H,25,28). The maximum atomic E-state index is 12.5. The van der Waals surface area contributed by atoms with Crippen LogP contribution in [-0.4, -0.2) is 16.9 Å². The molecule has 0 unspecified atom stereocenters. The summed E-state index contributed by atoms with van der Waals surface area (Å²) in [6.45, 7) is 0.246. The summed E-state index contributed by atoms with van der Waals surface area (Å²) in [5.74, 6) is -0.577. The fraction of sp³-hybridized carbons (Fsp3) is 0.0435. The Morgan fingerprint density at radius 2 is 1.66 bits per heavy atom. The van der Waals surface area contributed by atoms with Crippen molar-refractivity contribution in [2.24, 2.45) is 0 Å². The number of aromatic hydroxyl groups is 1. The minimum Gasteiger partial charge on any atom is -0.507 e. The minimum absolute atomic E-state index is 0.0688. The average molecular weight is 386 g/mol. The Balaban J connectivity index is 1.44. The lowest BCUT2D eigenvalue weighted by Crippen LogP contribution is -2.23. The van der Waals surface area contributed by atoms with E-state index in [0.717, 1.165) is 16.3 Å². The molecular weight excluding hydrogens is 368 g/mol. The van der Waals surface area contributed by atoms with E-state index in [1.807, 2.05) is 30.3 Å². The van der Waals surface area contributed by atoms with E-state index in [4.69, 9.17) is 4.42 Å². The van der Waals surface area contributed by atoms with Crippen molar-refractivity contribution in [3.05, 3.63) is 95.9 Å². The van der Waals surface area contributed by atoms with Crippen LogP contribution in [0.3, 0.4) is 0 Å². The lowest BCUT2D eigenvalue weighted by molar-refractivity contribution is 0.0947. The highest BCUT2D eigenvalue weighted by molar-refractivity contribution is 6.02. The van der Waals surface area contributed by atoms with Crippen molar-refractivity contribution in [1.82, 2.24) is 5.32 Å². The predicted octanol–water partition coefficient (Wildman–Crippen LogP) is 4.32. The van der Waals surface area contributed by atoms with Gasteiger partial charge in [-0.2, -0.15) is 0 Å². The average Bonchev–Trinajstić information content (AvgIpc) is 3.27. The smallest absolute Gasteiger partial charge is 0.291 e. The highest BCUT2D eigenvalue weighted by Gasteiger charge is 2.13. The first-order valence-electron chi connectivity index (χ1n) is 9.04. The lowest BCUT2D eigenvalue weighted by atomic mass is 10.1. The Kier molecular flexibility index (Phi) is 4.99. The van der Waals surface area contributed by atoms with Crippen LogP contribution >= 0.6 is 0 Å². The number of nitrogens with one attached hydrogen (secondary N) is 2. The van der Waals surface area contributed by atoms with Gasteiger partial charge < -0.3 is 20.2 Å². The molecule has 0 aliphatic heterocycles. The van der Waals surface area contributed by atoms with Crippen molar-refractivity contribution in [3.8, 4) is 5.75 Å². The van der Waals surface area contributed by atoms with Gasteiger partial charge in [-0.1, -0.05) is 36.4 Å². The van der Waals surface area contributed by atoms with Gasteiger partial charge in [0.1, 0.15) is 5.75 Å². The van der Waals surface area contributed by atoms with Crippen LogP contribution in [0, 0.1) is 0 Å². The molecule has 144 valence electrons. The molecule has 3 N–H and O–H groups in total. The number of carbonyl (C=O) groups is 2. The van der Waals surface area contributed by atoms with E-state index >= 15 is 0 Å². The monoisotopic (exact) mass is 386 g/mol. The number of rotatable bonds is 5. The number of benzene rings is 3. The van der Waals surface area contributed by atoms with Gasteiger partial charge in [0.2, 0.25) is 0 Å². The van der Waals surface area contributed by atoms with Crippen LogP contribution in [0.4, 0.5) is 5.69 Å². The number of phenols is 1. The third kappa shape index (κ3) is 4.11. The molecule has 0 aliphatic rings. The van der Waals surface area contributed by atoms with E-state index in [9.17, 15) is 14.7 Å². The topological polar surface area (TPSA) is 91.6 Å². The molecule has 6 heteroatoms. The molecule has 0 aliphatic carbocycles. The third-order valence-corrected chi connectivity index (χ3v) is 4.49. The summed E-state index contributed by atoms with van der Waals surface area (Å²) in [6.07, 6.45) is 1.43. The van der Waals surface area contributed by atoms with Gasteiger partial charge in [0.05, 0.1) is 11.8 Å². The first-order valence-corrected chi connectivity index (χ1v) is 9.04. The maximum Gasteiger partial charge on any atom is 0.291 e.